The summed E-state index contributed by atoms with van der Waals surface area (Å²) >= 11 is 12.0. The molecule has 2 heterocycles. The van der Waals surface area contributed by atoms with Crippen molar-refractivity contribution in [1.29, 1.82) is 0 Å². The molecule has 1 saturated heterocycles. The monoisotopic (exact) mass is 492 g/mol. The molecule has 0 spiro atoms. The number of ether oxygens (including phenoxy) is 1. The van der Waals surface area contributed by atoms with Gasteiger partial charge in [-0.25, -0.2) is 0 Å². The Balaban J connectivity index is 1.19. The third-order valence-corrected chi connectivity index (χ3v) is 6.45. The van der Waals surface area contributed by atoms with Crippen LogP contribution in [0.15, 0.2) is 72.8 Å². The Morgan fingerprint density at radius 1 is 0.882 bits per heavy atom. The highest BCUT2D eigenvalue weighted by Crippen LogP contribution is 2.29. The van der Waals surface area contributed by atoms with Crippen LogP contribution >= 0.6 is 23.2 Å². The van der Waals surface area contributed by atoms with Gasteiger partial charge in [-0.15, -0.1) is 10.2 Å². The third-order valence-electron chi connectivity index (χ3n) is 5.92. The minimum atomic E-state index is -0.0805. The summed E-state index contributed by atoms with van der Waals surface area (Å²) in [5, 5.41) is 12.2. The zero-order valence-corrected chi connectivity index (χ0v) is 19.8. The molecular formula is C26H22Cl2N4O2. The number of carbonyl (C=O) groups is 1. The molecule has 172 valence electrons. The van der Waals surface area contributed by atoms with Gasteiger partial charge in [0.15, 0.2) is 12.4 Å². The number of rotatable bonds is 5. The second-order valence-corrected chi connectivity index (χ2v) is 8.88. The zero-order valence-electron chi connectivity index (χ0n) is 18.3. The number of benzene rings is 3. The van der Waals surface area contributed by atoms with Crippen LogP contribution in [0.4, 0.5) is 5.82 Å². The number of carbonyl (C=O) groups excluding carboxylic acids is 1. The molecule has 0 bridgehead atoms. The molecule has 0 atom stereocenters. The minimum absolute atomic E-state index is 0.0686. The number of fused-ring (bicyclic) bond motifs is 1. The molecule has 4 aromatic rings. The maximum atomic E-state index is 12.6. The Bertz CT molecular complexity index is 1320. The van der Waals surface area contributed by atoms with Crippen LogP contribution in [0.2, 0.25) is 10.0 Å². The van der Waals surface area contributed by atoms with Gasteiger partial charge >= 0.3 is 0 Å². The topological polar surface area (TPSA) is 58.6 Å². The van der Waals surface area contributed by atoms with E-state index in [-0.39, 0.29) is 12.5 Å². The number of hydrogen-bond donors (Lipinski definition) is 0. The van der Waals surface area contributed by atoms with Gasteiger partial charge in [0.1, 0.15) is 5.75 Å². The average Bonchev–Trinajstić information content (AvgIpc) is 2.88. The van der Waals surface area contributed by atoms with Crippen molar-refractivity contribution in [2.75, 3.05) is 37.7 Å². The van der Waals surface area contributed by atoms with Crippen molar-refractivity contribution in [2.24, 2.45) is 0 Å². The van der Waals surface area contributed by atoms with Gasteiger partial charge in [-0.2, -0.15) is 0 Å². The molecule has 1 fully saturated rings. The number of nitrogens with zero attached hydrogens (tertiary/aromatic N) is 4. The van der Waals surface area contributed by atoms with Crippen molar-refractivity contribution < 1.29 is 9.53 Å². The van der Waals surface area contributed by atoms with Crippen LogP contribution in [-0.2, 0) is 4.79 Å². The summed E-state index contributed by atoms with van der Waals surface area (Å²) < 4.78 is 5.59. The first-order valence-corrected chi connectivity index (χ1v) is 11.8. The van der Waals surface area contributed by atoms with E-state index in [1.807, 2.05) is 30.3 Å². The number of amides is 1. The summed E-state index contributed by atoms with van der Waals surface area (Å²) in [6, 6.07) is 23.4. The van der Waals surface area contributed by atoms with Crippen LogP contribution in [0.25, 0.3) is 22.0 Å². The lowest BCUT2D eigenvalue weighted by molar-refractivity contribution is -0.133. The lowest BCUT2D eigenvalue weighted by Gasteiger charge is -2.35. The molecule has 0 saturated carbocycles. The fourth-order valence-electron chi connectivity index (χ4n) is 4.09. The molecule has 6 nitrogen and oxygen atoms in total. The molecule has 1 aromatic heterocycles. The Morgan fingerprint density at radius 2 is 1.68 bits per heavy atom. The minimum Gasteiger partial charge on any atom is -0.482 e. The molecule has 5 rings (SSSR count). The molecule has 1 amide bonds. The van der Waals surface area contributed by atoms with Gasteiger partial charge in [-0.1, -0.05) is 65.7 Å². The van der Waals surface area contributed by atoms with E-state index in [1.165, 1.54) is 5.39 Å². The van der Waals surface area contributed by atoms with Crippen LogP contribution in [0.1, 0.15) is 0 Å². The van der Waals surface area contributed by atoms with Crippen molar-refractivity contribution in [2.45, 2.75) is 0 Å². The van der Waals surface area contributed by atoms with E-state index in [9.17, 15) is 4.79 Å². The predicted molar refractivity (Wildman–Crippen MR) is 136 cm³/mol. The summed E-state index contributed by atoms with van der Waals surface area (Å²) in [6.07, 6.45) is 0. The van der Waals surface area contributed by atoms with E-state index in [0.29, 0.717) is 42.0 Å². The fourth-order valence-corrected chi connectivity index (χ4v) is 4.56. The van der Waals surface area contributed by atoms with Gasteiger partial charge in [0, 0.05) is 36.8 Å². The summed E-state index contributed by atoms with van der Waals surface area (Å²) in [4.78, 5) is 16.5. The number of hydrogen-bond acceptors (Lipinski definition) is 5. The van der Waals surface area contributed by atoms with E-state index in [4.69, 9.17) is 27.9 Å². The average molecular weight is 493 g/mol. The summed E-state index contributed by atoms with van der Waals surface area (Å²) in [6.45, 7) is 2.46. The van der Waals surface area contributed by atoms with E-state index in [1.54, 1.807) is 23.1 Å². The number of piperazine rings is 1. The van der Waals surface area contributed by atoms with Gasteiger partial charge in [0.25, 0.3) is 5.91 Å². The van der Waals surface area contributed by atoms with Gasteiger partial charge in [-0.3, -0.25) is 4.79 Å². The predicted octanol–water partition coefficient (Wildman–Crippen LogP) is 5.33. The summed E-state index contributed by atoms with van der Waals surface area (Å²) in [5.74, 6) is 1.17. The standard InChI is InChI=1S/C26H22Cl2N4O2/c27-19-8-10-24(22(28)16-19)34-17-26(33)32-14-12-31(13-15-32)25-11-9-23(29-30-25)21-7-3-5-18-4-1-2-6-20(18)21/h1-11,16H,12-15,17H2. The molecular weight excluding hydrogens is 471 g/mol. The SMILES string of the molecule is O=C(COc1ccc(Cl)cc1Cl)N1CCN(c2ccc(-c3cccc4ccccc34)nn2)CC1. The Labute approximate surface area is 207 Å². The van der Waals surface area contributed by atoms with E-state index >= 15 is 0 Å². The van der Waals surface area contributed by atoms with Crippen molar-refractivity contribution in [3.63, 3.8) is 0 Å². The van der Waals surface area contributed by atoms with Crippen molar-refractivity contribution in [3.8, 4) is 17.0 Å². The maximum absolute atomic E-state index is 12.6. The molecule has 34 heavy (non-hydrogen) atoms. The molecule has 0 N–H and O–H groups in total. The van der Waals surface area contributed by atoms with E-state index in [0.717, 1.165) is 22.5 Å². The molecule has 1 aliphatic heterocycles. The second-order valence-electron chi connectivity index (χ2n) is 8.03. The molecule has 3 aromatic carbocycles. The van der Waals surface area contributed by atoms with Gasteiger partial charge < -0.3 is 14.5 Å². The third kappa shape index (κ3) is 4.79. The highest BCUT2D eigenvalue weighted by atomic mass is 35.5. The Kier molecular flexibility index (Phi) is 6.52. The molecule has 0 aliphatic carbocycles. The Morgan fingerprint density at radius 3 is 2.44 bits per heavy atom. The van der Waals surface area contributed by atoms with Gasteiger partial charge in [0.05, 0.1) is 10.7 Å². The van der Waals surface area contributed by atoms with E-state index < -0.39 is 0 Å². The maximum Gasteiger partial charge on any atom is 0.260 e. The lowest BCUT2D eigenvalue weighted by Crippen LogP contribution is -2.50. The lowest BCUT2D eigenvalue weighted by atomic mass is 10.0. The van der Waals surface area contributed by atoms with E-state index in [2.05, 4.69) is 39.4 Å². The second kappa shape index (κ2) is 9.87. The highest BCUT2D eigenvalue weighted by Gasteiger charge is 2.23. The van der Waals surface area contributed by atoms with Crippen LogP contribution in [0.5, 0.6) is 5.75 Å². The normalized spacial score (nSPS) is 13.8. The highest BCUT2D eigenvalue weighted by molar-refractivity contribution is 6.35. The molecule has 0 radical (unpaired) electrons. The van der Waals surface area contributed by atoms with Gasteiger partial charge in [-0.05, 0) is 41.1 Å². The van der Waals surface area contributed by atoms with Crippen LogP contribution in [-0.4, -0.2) is 53.8 Å². The van der Waals surface area contributed by atoms with Gasteiger partial charge in [0.2, 0.25) is 0 Å². The largest absolute Gasteiger partial charge is 0.482 e. The summed E-state index contributed by atoms with van der Waals surface area (Å²) in [7, 11) is 0. The van der Waals surface area contributed by atoms with Crippen molar-refractivity contribution in [3.05, 3.63) is 82.8 Å². The number of halogens is 2. The first-order valence-electron chi connectivity index (χ1n) is 11.0. The molecule has 0 unspecified atom stereocenters. The van der Waals surface area contributed by atoms with Crippen LogP contribution in [0.3, 0.4) is 0 Å². The quantitative estimate of drug-likeness (QED) is 0.376. The zero-order chi connectivity index (χ0) is 23.5. The molecule has 8 heteroatoms. The number of aromatic nitrogens is 2. The number of anilines is 1. The Hall–Kier alpha value is -3.35. The van der Waals surface area contributed by atoms with Crippen LogP contribution < -0.4 is 9.64 Å². The van der Waals surface area contributed by atoms with Crippen molar-refractivity contribution in [1.82, 2.24) is 15.1 Å². The first kappa shape index (κ1) is 22.4. The summed E-state index contributed by atoms with van der Waals surface area (Å²) in [5.41, 5.74) is 1.90. The first-order chi connectivity index (χ1) is 16.6. The van der Waals surface area contributed by atoms with Crippen molar-refractivity contribution >= 4 is 45.7 Å². The smallest absolute Gasteiger partial charge is 0.260 e. The molecule has 1 aliphatic rings. The fraction of sp³-hybridized carbons (Fsp3) is 0.192. The van der Waals surface area contributed by atoms with Crippen LogP contribution in [0, 0.1) is 0 Å².